The van der Waals surface area contributed by atoms with E-state index in [9.17, 15) is 4.39 Å². The second-order valence-corrected chi connectivity index (χ2v) is 5.44. The number of ether oxygens (including phenoxy) is 2. The summed E-state index contributed by atoms with van der Waals surface area (Å²) in [5.41, 5.74) is 0.885. The van der Waals surface area contributed by atoms with E-state index >= 15 is 0 Å². The number of hydrogen-bond acceptors (Lipinski definition) is 4. The topological polar surface area (TPSA) is 33.7 Å². The lowest BCUT2D eigenvalue weighted by Gasteiger charge is -2.28. The number of methoxy groups -OCH3 is 1. The van der Waals surface area contributed by atoms with E-state index in [2.05, 4.69) is 10.2 Å². The largest absolute Gasteiger partial charge is 0.493 e. The Bertz CT molecular complexity index is 471. The quantitative estimate of drug-likeness (QED) is 0.891. The minimum absolute atomic E-state index is 0.268. The molecule has 1 aromatic rings. The number of piperazine rings is 1. The molecule has 1 saturated carbocycles. The predicted octanol–water partition coefficient (Wildman–Crippen LogP) is 1.78. The predicted molar refractivity (Wildman–Crippen MR) is 74.7 cm³/mol. The molecule has 0 spiro atoms. The standard InChI is InChI=1S/C15H21FN2O2/c1-19-14-9-12(16)8-11(15(14)20-13-2-3-13)10-18-6-4-17-5-7-18/h8-9,13,17H,2-7,10H2,1H3. The average Bonchev–Trinajstić information content (AvgIpc) is 3.26. The maximum absolute atomic E-state index is 13.7. The first-order valence-electron chi connectivity index (χ1n) is 7.22. The smallest absolute Gasteiger partial charge is 0.166 e. The molecule has 110 valence electrons. The van der Waals surface area contributed by atoms with Gasteiger partial charge in [-0.15, -0.1) is 0 Å². The van der Waals surface area contributed by atoms with Crippen LogP contribution in [0, 0.1) is 5.82 Å². The first kappa shape index (κ1) is 13.6. The minimum atomic E-state index is -0.268. The Kier molecular flexibility index (Phi) is 4.08. The molecule has 1 N–H and O–H groups in total. The molecular formula is C15H21FN2O2. The Labute approximate surface area is 118 Å². The van der Waals surface area contributed by atoms with E-state index < -0.39 is 0 Å². The van der Waals surface area contributed by atoms with Crippen LogP contribution in [-0.2, 0) is 6.54 Å². The van der Waals surface area contributed by atoms with Crippen molar-refractivity contribution in [3.8, 4) is 11.5 Å². The van der Waals surface area contributed by atoms with Crippen LogP contribution >= 0.6 is 0 Å². The Balaban J connectivity index is 1.83. The van der Waals surface area contributed by atoms with Gasteiger partial charge in [-0.1, -0.05) is 0 Å². The number of nitrogens with zero attached hydrogens (tertiary/aromatic N) is 1. The lowest BCUT2D eigenvalue weighted by molar-refractivity contribution is 0.223. The van der Waals surface area contributed by atoms with Gasteiger partial charge in [-0.05, 0) is 18.9 Å². The molecule has 1 aliphatic heterocycles. The van der Waals surface area contributed by atoms with Gasteiger partial charge in [0.05, 0.1) is 13.2 Å². The number of halogens is 1. The fourth-order valence-corrected chi connectivity index (χ4v) is 2.49. The first-order valence-corrected chi connectivity index (χ1v) is 7.22. The Morgan fingerprint density at radius 2 is 2.05 bits per heavy atom. The summed E-state index contributed by atoms with van der Waals surface area (Å²) in [5.74, 6) is 0.951. The van der Waals surface area contributed by atoms with Gasteiger partial charge >= 0.3 is 0 Å². The van der Waals surface area contributed by atoms with Crippen LogP contribution in [0.2, 0.25) is 0 Å². The summed E-state index contributed by atoms with van der Waals surface area (Å²) in [7, 11) is 1.56. The summed E-state index contributed by atoms with van der Waals surface area (Å²) < 4.78 is 25.0. The molecule has 1 aromatic carbocycles. The van der Waals surface area contributed by atoms with Crippen molar-refractivity contribution >= 4 is 0 Å². The highest BCUT2D eigenvalue weighted by molar-refractivity contribution is 5.47. The van der Waals surface area contributed by atoms with Crippen LogP contribution in [0.15, 0.2) is 12.1 Å². The van der Waals surface area contributed by atoms with E-state index in [0.717, 1.165) is 50.3 Å². The number of hydrogen-bond donors (Lipinski definition) is 1. The molecule has 1 saturated heterocycles. The average molecular weight is 280 g/mol. The van der Waals surface area contributed by atoms with Crippen LogP contribution in [0.4, 0.5) is 4.39 Å². The van der Waals surface area contributed by atoms with Gasteiger partial charge in [-0.25, -0.2) is 4.39 Å². The van der Waals surface area contributed by atoms with E-state index in [1.165, 1.54) is 6.07 Å². The molecule has 2 aliphatic rings. The molecule has 1 aliphatic carbocycles. The van der Waals surface area contributed by atoms with Crippen LogP contribution < -0.4 is 14.8 Å². The van der Waals surface area contributed by atoms with Crippen molar-refractivity contribution in [3.63, 3.8) is 0 Å². The summed E-state index contributed by atoms with van der Waals surface area (Å²) in [4.78, 5) is 2.31. The van der Waals surface area contributed by atoms with Crippen molar-refractivity contribution in [1.82, 2.24) is 10.2 Å². The molecule has 1 heterocycles. The van der Waals surface area contributed by atoms with Gasteiger partial charge < -0.3 is 14.8 Å². The van der Waals surface area contributed by atoms with Gasteiger partial charge in [0, 0.05) is 44.4 Å². The van der Waals surface area contributed by atoms with Gasteiger partial charge in [0.25, 0.3) is 0 Å². The van der Waals surface area contributed by atoms with Crippen molar-refractivity contribution in [2.75, 3.05) is 33.3 Å². The highest BCUT2D eigenvalue weighted by atomic mass is 19.1. The molecule has 0 aromatic heterocycles. The van der Waals surface area contributed by atoms with Crippen molar-refractivity contribution < 1.29 is 13.9 Å². The van der Waals surface area contributed by atoms with Crippen LogP contribution in [0.3, 0.4) is 0 Å². The Morgan fingerprint density at radius 3 is 2.70 bits per heavy atom. The molecular weight excluding hydrogens is 259 g/mol. The number of rotatable bonds is 5. The van der Waals surface area contributed by atoms with Crippen molar-refractivity contribution in [2.45, 2.75) is 25.5 Å². The van der Waals surface area contributed by atoms with Crippen LogP contribution in [-0.4, -0.2) is 44.3 Å². The molecule has 0 atom stereocenters. The number of nitrogens with one attached hydrogen (secondary N) is 1. The van der Waals surface area contributed by atoms with Gasteiger partial charge in [0.2, 0.25) is 0 Å². The molecule has 2 fully saturated rings. The SMILES string of the molecule is COc1cc(F)cc(CN2CCNCC2)c1OC1CC1. The van der Waals surface area contributed by atoms with Crippen LogP contribution in [0.5, 0.6) is 11.5 Å². The van der Waals surface area contributed by atoms with Crippen molar-refractivity contribution in [3.05, 3.63) is 23.5 Å². The monoisotopic (exact) mass is 280 g/mol. The molecule has 0 amide bonds. The highest BCUT2D eigenvalue weighted by Crippen LogP contribution is 2.37. The summed E-state index contributed by atoms with van der Waals surface area (Å²) >= 11 is 0. The van der Waals surface area contributed by atoms with Crippen LogP contribution in [0.25, 0.3) is 0 Å². The molecule has 4 nitrogen and oxygen atoms in total. The van der Waals surface area contributed by atoms with E-state index in [1.54, 1.807) is 13.2 Å². The second kappa shape index (κ2) is 5.97. The summed E-state index contributed by atoms with van der Waals surface area (Å²) in [6.07, 6.45) is 2.43. The molecule has 0 unspecified atom stereocenters. The Morgan fingerprint density at radius 1 is 1.30 bits per heavy atom. The second-order valence-electron chi connectivity index (χ2n) is 5.44. The van der Waals surface area contributed by atoms with Crippen LogP contribution in [0.1, 0.15) is 18.4 Å². The first-order chi connectivity index (χ1) is 9.76. The normalized spacial score (nSPS) is 19.9. The van der Waals surface area contributed by atoms with Gasteiger partial charge in [-0.3, -0.25) is 4.90 Å². The van der Waals surface area contributed by atoms with E-state index in [1.807, 2.05) is 0 Å². The molecule has 5 heteroatoms. The zero-order valence-corrected chi connectivity index (χ0v) is 11.8. The van der Waals surface area contributed by atoms with E-state index in [0.29, 0.717) is 12.3 Å². The van der Waals surface area contributed by atoms with Gasteiger partial charge in [0.15, 0.2) is 11.5 Å². The Hall–Kier alpha value is -1.33. The molecule has 3 rings (SSSR count). The fourth-order valence-electron chi connectivity index (χ4n) is 2.49. The number of benzene rings is 1. The zero-order valence-electron chi connectivity index (χ0n) is 11.8. The van der Waals surface area contributed by atoms with Gasteiger partial charge in [-0.2, -0.15) is 0 Å². The van der Waals surface area contributed by atoms with E-state index in [4.69, 9.17) is 9.47 Å². The molecule has 20 heavy (non-hydrogen) atoms. The van der Waals surface area contributed by atoms with E-state index in [-0.39, 0.29) is 11.9 Å². The molecule has 0 bridgehead atoms. The summed E-state index contributed by atoms with van der Waals surface area (Å²) in [5, 5.41) is 3.32. The third-order valence-electron chi connectivity index (χ3n) is 3.73. The fraction of sp³-hybridized carbons (Fsp3) is 0.600. The summed E-state index contributed by atoms with van der Waals surface area (Å²) in [6.45, 7) is 4.61. The summed E-state index contributed by atoms with van der Waals surface area (Å²) in [6, 6.07) is 2.97. The third kappa shape index (κ3) is 3.22. The molecule has 0 radical (unpaired) electrons. The van der Waals surface area contributed by atoms with Gasteiger partial charge in [0.1, 0.15) is 5.82 Å². The highest BCUT2D eigenvalue weighted by Gasteiger charge is 2.27. The minimum Gasteiger partial charge on any atom is -0.493 e. The lowest BCUT2D eigenvalue weighted by Crippen LogP contribution is -2.42. The maximum atomic E-state index is 13.7. The lowest BCUT2D eigenvalue weighted by atomic mass is 10.1. The maximum Gasteiger partial charge on any atom is 0.166 e. The third-order valence-corrected chi connectivity index (χ3v) is 3.73. The van der Waals surface area contributed by atoms with Crippen molar-refractivity contribution in [1.29, 1.82) is 0 Å². The van der Waals surface area contributed by atoms with Crippen molar-refractivity contribution in [2.24, 2.45) is 0 Å². The zero-order chi connectivity index (χ0) is 13.9.